The Morgan fingerprint density at radius 2 is 1.58 bits per heavy atom. The van der Waals surface area contributed by atoms with Gasteiger partial charge in [-0.25, -0.2) is 4.79 Å². The van der Waals surface area contributed by atoms with Gasteiger partial charge in [-0.1, -0.05) is 65.0 Å². The average Bonchev–Trinajstić information content (AvgIpc) is 2.99. The molecule has 2 rings (SSSR count). The van der Waals surface area contributed by atoms with Crippen LogP contribution in [0.3, 0.4) is 0 Å². The van der Waals surface area contributed by atoms with E-state index in [-0.39, 0.29) is 23.0 Å². The third-order valence-electron chi connectivity index (χ3n) is 8.81. The van der Waals surface area contributed by atoms with E-state index in [1.807, 2.05) is 37.3 Å². The molecular formula is C37H56O7Si. The summed E-state index contributed by atoms with van der Waals surface area (Å²) in [6.07, 6.45) is 6.75. The van der Waals surface area contributed by atoms with Crippen molar-refractivity contribution >= 4 is 14.3 Å². The second-order valence-corrected chi connectivity index (χ2v) is 18.0. The first-order valence-corrected chi connectivity index (χ1v) is 18.7. The van der Waals surface area contributed by atoms with Crippen molar-refractivity contribution in [3.05, 3.63) is 77.9 Å². The number of carbonyl (C=O) groups excluding carboxylic acids is 1. The topological polar surface area (TPSA) is 72.5 Å². The maximum absolute atomic E-state index is 13.6. The molecule has 0 amide bonds. The summed E-state index contributed by atoms with van der Waals surface area (Å²) in [6.45, 7) is 22.5. The molecule has 0 heterocycles. The molecule has 2 aromatic carbocycles. The number of benzene rings is 2. The number of allylic oxidation sites excluding steroid dienone is 1. The van der Waals surface area contributed by atoms with Gasteiger partial charge in [-0.05, 0) is 66.7 Å². The molecule has 0 saturated carbocycles. The Bertz CT molecular complexity index is 1250. The Labute approximate surface area is 273 Å². The standard InChI is InChI=1S/C37H56O7Si/c1-13-16-32(43-36(38)34-27(3)23-31(40-9)24-33(34)41-10)28(4)35(44-45(11,12)37(5,6)7)26(2)17-14-15-22-42-25-29-18-20-30(39-8)21-19-29/h13-15,18-21,23-24,26,28,32,35H,1,16-17,22,25H2,2-12H3/b15-14-/t26-,28-,32-,35+/m0/s1. The third-order valence-corrected chi connectivity index (χ3v) is 13.3. The van der Waals surface area contributed by atoms with Crippen LogP contribution >= 0.6 is 0 Å². The molecular weight excluding hydrogens is 584 g/mol. The SMILES string of the molecule is C=CC[C@H](OC(=O)c1c(C)cc(OC)cc1OC)[C@H](C)[C@H](O[Si](C)(C)C(C)(C)C)[C@@H](C)C/C=C\COCc1ccc(OC)cc1. The molecule has 4 atom stereocenters. The van der Waals surface area contributed by atoms with Gasteiger partial charge in [0, 0.05) is 18.4 Å². The Hall–Kier alpha value is -3.07. The molecule has 0 aliphatic carbocycles. The molecule has 8 heteroatoms. The molecule has 7 nitrogen and oxygen atoms in total. The molecule has 0 radical (unpaired) electrons. The Morgan fingerprint density at radius 3 is 2.13 bits per heavy atom. The molecule has 250 valence electrons. The zero-order valence-electron chi connectivity index (χ0n) is 29.4. The van der Waals surface area contributed by atoms with Gasteiger partial charge in [0.2, 0.25) is 0 Å². The lowest BCUT2D eigenvalue weighted by Crippen LogP contribution is -2.49. The molecule has 0 bridgehead atoms. The lowest BCUT2D eigenvalue weighted by atomic mass is 9.86. The van der Waals surface area contributed by atoms with Gasteiger partial charge >= 0.3 is 5.97 Å². The second kappa shape index (κ2) is 17.6. The summed E-state index contributed by atoms with van der Waals surface area (Å²) >= 11 is 0. The monoisotopic (exact) mass is 640 g/mol. The van der Waals surface area contributed by atoms with E-state index in [4.69, 9.17) is 28.1 Å². The van der Waals surface area contributed by atoms with Crippen molar-refractivity contribution in [1.29, 1.82) is 0 Å². The molecule has 0 aliphatic rings. The lowest BCUT2D eigenvalue weighted by molar-refractivity contribution is -0.0224. The number of rotatable bonds is 18. The number of carbonyl (C=O) groups is 1. The summed E-state index contributed by atoms with van der Waals surface area (Å²) in [5.41, 5.74) is 2.22. The van der Waals surface area contributed by atoms with Crippen LogP contribution in [0.15, 0.2) is 61.2 Å². The molecule has 0 spiro atoms. The Balaban J connectivity index is 2.22. The van der Waals surface area contributed by atoms with Crippen molar-refractivity contribution in [2.24, 2.45) is 11.8 Å². The summed E-state index contributed by atoms with van der Waals surface area (Å²) in [7, 11) is 2.62. The van der Waals surface area contributed by atoms with Crippen LogP contribution in [0.5, 0.6) is 17.2 Å². The Morgan fingerprint density at radius 1 is 0.933 bits per heavy atom. The first kappa shape index (κ1) is 38.1. The van der Waals surface area contributed by atoms with Gasteiger partial charge in [-0.2, -0.15) is 0 Å². The second-order valence-electron chi connectivity index (χ2n) is 13.2. The van der Waals surface area contributed by atoms with Gasteiger partial charge in [0.25, 0.3) is 0 Å². The quantitative estimate of drug-likeness (QED) is 0.0697. The Kier molecular flexibility index (Phi) is 14.9. The van der Waals surface area contributed by atoms with Gasteiger partial charge in [-0.3, -0.25) is 0 Å². The average molecular weight is 641 g/mol. The first-order chi connectivity index (χ1) is 21.2. The molecule has 2 aromatic rings. The van der Waals surface area contributed by atoms with Crippen molar-refractivity contribution < 1.29 is 32.9 Å². The molecule has 0 aliphatic heterocycles. The number of esters is 1. The van der Waals surface area contributed by atoms with Crippen molar-refractivity contribution in [1.82, 2.24) is 0 Å². The van der Waals surface area contributed by atoms with Crippen LogP contribution in [0.1, 0.15) is 68.9 Å². The van der Waals surface area contributed by atoms with Gasteiger partial charge in [0.15, 0.2) is 8.32 Å². The van der Waals surface area contributed by atoms with Crippen molar-refractivity contribution in [2.75, 3.05) is 27.9 Å². The third kappa shape index (κ3) is 11.0. The fourth-order valence-corrected chi connectivity index (χ4v) is 6.42. The van der Waals surface area contributed by atoms with Gasteiger partial charge in [0.1, 0.15) is 28.9 Å². The van der Waals surface area contributed by atoms with E-state index in [2.05, 4.69) is 66.4 Å². The summed E-state index contributed by atoms with van der Waals surface area (Å²) in [5, 5.41) is 0.0218. The molecule has 0 aromatic heterocycles. The summed E-state index contributed by atoms with van der Waals surface area (Å²) in [6, 6.07) is 11.4. The molecule has 0 fully saturated rings. The van der Waals surface area contributed by atoms with Crippen molar-refractivity contribution in [3.63, 3.8) is 0 Å². The summed E-state index contributed by atoms with van der Waals surface area (Å²) < 4.78 is 35.3. The summed E-state index contributed by atoms with van der Waals surface area (Å²) in [4.78, 5) is 13.6. The first-order valence-electron chi connectivity index (χ1n) is 15.8. The van der Waals surface area contributed by atoms with E-state index < -0.39 is 20.4 Å². The van der Waals surface area contributed by atoms with E-state index >= 15 is 0 Å². The van der Waals surface area contributed by atoms with Crippen LogP contribution in [0.4, 0.5) is 0 Å². The van der Waals surface area contributed by atoms with Crippen LogP contribution in [0, 0.1) is 18.8 Å². The normalized spacial score (nSPS) is 14.8. The van der Waals surface area contributed by atoms with Crippen molar-refractivity contribution in [2.45, 2.75) is 91.3 Å². The highest BCUT2D eigenvalue weighted by Gasteiger charge is 2.43. The van der Waals surface area contributed by atoms with Crippen LogP contribution in [0.25, 0.3) is 0 Å². The molecule has 0 saturated heterocycles. The fraction of sp³-hybridized carbons (Fsp3) is 0.541. The largest absolute Gasteiger partial charge is 0.497 e. The lowest BCUT2D eigenvalue weighted by Gasteiger charge is -2.44. The minimum absolute atomic E-state index is 0.0218. The minimum atomic E-state index is -2.16. The minimum Gasteiger partial charge on any atom is -0.497 e. The number of hydrogen-bond acceptors (Lipinski definition) is 7. The number of methoxy groups -OCH3 is 3. The number of hydrogen-bond donors (Lipinski definition) is 0. The molecule has 45 heavy (non-hydrogen) atoms. The molecule has 0 unspecified atom stereocenters. The molecule has 0 N–H and O–H groups in total. The van der Waals surface area contributed by atoms with Crippen LogP contribution in [-0.4, -0.2) is 54.4 Å². The zero-order chi connectivity index (χ0) is 33.8. The fourth-order valence-electron chi connectivity index (χ4n) is 4.94. The van der Waals surface area contributed by atoms with E-state index in [1.54, 1.807) is 26.4 Å². The predicted octanol–water partition coefficient (Wildman–Crippen LogP) is 8.95. The highest BCUT2D eigenvalue weighted by Crippen LogP contribution is 2.40. The maximum atomic E-state index is 13.6. The predicted molar refractivity (Wildman–Crippen MR) is 185 cm³/mol. The van der Waals surface area contributed by atoms with Crippen LogP contribution in [0.2, 0.25) is 18.1 Å². The van der Waals surface area contributed by atoms with Crippen LogP contribution in [-0.2, 0) is 20.5 Å². The van der Waals surface area contributed by atoms with Crippen LogP contribution < -0.4 is 14.2 Å². The maximum Gasteiger partial charge on any atom is 0.342 e. The zero-order valence-corrected chi connectivity index (χ0v) is 30.4. The number of ether oxygens (including phenoxy) is 5. The van der Waals surface area contributed by atoms with Gasteiger partial charge in [-0.15, -0.1) is 6.58 Å². The van der Waals surface area contributed by atoms with E-state index in [0.29, 0.717) is 36.7 Å². The van der Waals surface area contributed by atoms with Crippen molar-refractivity contribution in [3.8, 4) is 17.2 Å². The smallest absolute Gasteiger partial charge is 0.342 e. The van der Waals surface area contributed by atoms with E-state index in [1.165, 1.54) is 7.11 Å². The van der Waals surface area contributed by atoms with Gasteiger partial charge < -0.3 is 28.1 Å². The highest BCUT2D eigenvalue weighted by atomic mass is 28.4. The summed E-state index contributed by atoms with van der Waals surface area (Å²) in [5.74, 6) is 1.50. The highest BCUT2D eigenvalue weighted by molar-refractivity contribution is 6.74. The number of aryl methyl sites for hydroxylation is 1. The van der Waals surface area contributed by atoms with Gasteiger partial charge in [0.05, 0.1) is 40.6 Å². The van der Waals surface area contributed by atoms with E-state index in [0.717, 1.165) is 23.3 Å². The van der Waals surface area contributed by atoms with E-state index in [9.17, 15) is 4.79 Å².